The van der Waals surface area contributed by atoms with Crippen molar-refractivity contribution in [3.05, 3.63) is 11.5 Å². The summed E-state index contributed by atoms with van der Waals surface area (Å²) in [6.45, 7) is 6.22. The second kappa shape index (κ2) is 4.31. The van der Waals surface area contributed by atoms with Crippen LogP contribution >= 0.6 is 0 Å². The fourth-order valence-corrected chi connectivity index (χ4v) is 2.22. The molecular weight excluding hydrogens is 214 g/mol. The highest BCUT2D eigenvalue weighted by atomic mass is 15.3. The van der Waals surface area contributed by atoms with Crippen LogP contribution < -0.4 is 5.73 Å². The Morgan fingerprint density at radius 3 is 2.47 bits per heavy atom. The molecule has 0 saturated heterocycles. The van der Waals surface area contributed by atoms with Gasteiger partial charge in [-0.3, -0.25) is 4.68 Å². The van der Waals surface area contributed by atoms with E-state index < -0.39 is 0 Å². The van der Waals surface area contributed by atoms with Crippen molar-refractivity contribution in [2.24, 2.45) is 7.05 Å². The van der Waals surface area contributed by atoms with Gasteiger partial charge in [0.2, 0.25) is 0 Å². The van der Waals surface area contributed by atoms with Crippen molar-refractivity contribution in [1.29, 1.82) is 0 Å². The summed E-state index contributed by atoms with van der Waals surface area (Å²) in [4.78, 5) is 9.04. The maximum absolute atomic E-state index is 6.01. The summed E-state index contributed by atoms with van der Waals surface area (Å²) in [6.07, 6.45) is 2.05. The number of nitrogen functional groups attached to an aromatic ring is 1. The molecule has 0 radical (unpaired) electrons. The van der Waals surface area contributed by atoms with Gasteiger partial charge in [-0.1, -0.05) is 13.8 Å². The van der Waals surface area contributed by atoms with Crippen LogP contribution in [0.4, 0.5) is 5.82 Å². The Morgan fingerprint density at radius 2 is 1.88 bits per heavy atom. The topological polar surface area (TPSA) is 69.6 Å². The molecule has 0 aliphatic rings. The Kier molecular flexibility index (Phi) is 3.00. The molecule has 5 heteroatoms. The Balaban J connectivity index is 2.66. The lowest BCUT2D eigenvalue weighted by molar-refractivity contribution is 0.603. The maximum Gasteiger partial charge on any atom is 0.163 e. The Hall–Kier alpha value is -1.65. The number of fused-ring (bicyclic) bond motifs is 1. The second-order valence-electron chi connectivity index (χ2n) is 4.39. The molecule has 0 aromatic carbocycles. The molecule has 0 atom stereocenters. The smallest absolute Gasteiger partial charge is 0.163 e. The van der Waals surface area contributed by atoms with Crippen LogP contribution in [0.5, 0.6) is 0 Å². The number of hydrogen-bond donors (Lipinski definition) is 1. The first-order chi connectivity index (χ1) is 8.08. The van der Waals surface area contributed by atoms with Crippen LogP contribution in [-0.2, 0) is 7.05 Å². The molecule has 0 fully saturated rings. The zero-order valence-corrected chi connectivity index (χ0v) is 10.9. The van der Waals surface area contributed by atoms with E-state index in [2.05, 4.69) is 28.9 Å². The van der Waals surface area contributed by atoms with E-state index in [-0.39, 0.29) is 0 Å². The van der Waals surface area contributed by atoms with Gasteiger partial charge in [-0.15, -0.1) is 0 Å². The van der Waals surface area contributed by atoms with Crippen LogP contribution in [0.15, 0.2) is 0 Å². The summed E-state index contributed by atoms with van der Waals surface area (Å²) in [5.41, 5.74) is 7.73. The summed E-state index contributed by atoms with van der Waals surface area (Å²) in [7, 11) is 1.89. The SMILES string of the molecule is CCC(CC)c1nc(N)c2c(C)nn(C)c2n1. The maximum atomic E-state index is 6.01. The molecule has 0 saturated carbocycles. The number of nitrogens with two attached hydrogens (primary N) is 1. The molecule has 0 spiro atoms. The minimum Gasteiger partial charge on any atom is -0.383 e. The quantitative estimate of drug-likeness (QED) is 0.882. The zero-order chi connectivity index (χ0) is 12.6. The first-order valence-corrected chi connectivity index (χ1v) is 6.05. The number of hydrogen-bond acceptors (Lipinski definition) is 4. The lowest BCUT2D eigenvalue weighted by atomic mass is 10.0. The van der Waals surface area contributed by atoms with Crippen LogP contribution in [0.25, 0.3) is 11.0 Å². The predicted octanol–water partition coefficient (Wildman–Crippen LogP) is 2.16. The van der Waals surface area contributed by atoms with Gasteiger partial charge in [-0.25, -0.2) is 9.97 Å². The number of aromatic nitrogens is 4. The van der Waals surface area contributed by atoms with E-state index in [1.807, 2.05) is 14.0 Å². The highest BCUT2D eigenvalue weighted by Crippen LogP contribution is 2.26. The summed E-state index contributed by atoms with van der Waals surface area (Å²) in [6, 6.07) is 0. The molecule has 17 heavy (non-hydrogen) atoms. The van der Waals surface area contributed by atoms with Crippen LogP contribution in [0.1, 0.15) is 44.1 Å². The Bertz CT molecular complexity index is 539. The average molecular weight is 233 g/mol. The number of aryl methyl sites for hydroxylation is 2. The van der Waals surface area contributed by atoms with Gasteiger partial charge in [0, 0.05) is 13.0 Å². The number of rotatable bonds is 3. The minimum atomic E-state index is 0.372. The monoisotopic (exact) mass is 233 g/mol. The highest BCUT2D eigenvalue weighted by molar-refractivity contribution is 5.88. The van der Waals surface area contributed by atoms with Crippen molar-refractivity contribution in [3.63, 3.8) is 0 Å². The number of nitrogens with zero attached hydrogens (tertiary/aromatic N) is 4. The van der Waals surface area contributed by atoms with Crippen molar-refractivity contribution in [2.45, 2.75) is 39.5 Å². The lowest BCUT2D eigenvalue weighted by Gasteiger charge is -2.11. The first-order valence-electron chi connectivity index (χ1n) is 6.05. The van der Waals surface area contributed by atoms with Gasteiger partial charge >= 0.3 is 0 Å². The molecule has 2 N–H and O–H groups in total. The molecule has 2 aromatic heterocycles. The van der Waals surface area contributed by atoms with Crippen LogP contribution in [-0.4, -0.2) is 19.7 Å². The van der Waals surface area contributed by atoms with Gasteiger partial charge in [0.15, 0.2) is 5.65 Å². The molecule has 5 nitrogen and oxygen atoms in total. The van der Waals surface area contributed by atoms with E-state index >= 15 is 0 Å². The van der Waals surface area contributed by atoms with E-state index in [9.17, 15) is 0 Å². The van der Waals surface area contributed by atoms with E-state index in [1.54, 1.807) is 4.68 Å². The van der Waals surface area contributed by atoms with Crippen molar-refractivity contribution < 1.29 is 0 Å². The van der Waals surface area contributed by atoms with Crippen LogP contribution in [0.2, 0.25) is 0 Å². The summed E-state index contributed by atoms with van der Waals surface area (Å²) >= 11 is 0. The standard InChI is InChI=1S/C12H19N5/c1-5-8(6-2)11-14-10(13)9-7(3)16-17(4)12(9)15-11/h8H,5-6H2,1-4H3,(H2,13,14,15). The molecular formula is C12H19N5. The molecule has 0 aliphatic carbocycles. The summed E-state index contributed by atoms with van der Waals surface area (Å²) < 4.78 is 1.77. The molecule has 2 heterocycles. The van der Waals surface area contributed by atoms with E-state index in [0.717, 1.165) is 35.4 Å². The third kappa shape index (κ3) is 1.85. The van der Waals surface area contributed by atoms with Crippen LogP contribution in [0.3, 0.4) is 0 Å². The zero-order valence-electron chi connectivity index (χ0n) is 10.9. The Morgan fingerprint density at radius 1 is 1.24 bits per heavy atom. The molecule has 0 unspecified atom stereocenters. The normalized spacial score (nSPS) is 11.6. The first kappa shape index (κ1) is 11.8. The van der Waals surface area contributed by atoms with Gasteiger partial charge in [0.25, 0.3) is 0 Å². The molecule has 0 aliphatic heterocycles. The van der Waals surface area contributed by atoms with Gasteiger partial charge in [-0.05, 0) is 19.8 Å². The van der Waals surface area contributed by atoms with Gasteiger partial charge in [0.05, 0.1) is 11.1 Å². The molecule has 2 rings (SSSR count). The largest absolute Gasteiger partial charge is 0.383 e. The molecule has 2 aromatic rings. The highest BCUT2D eigenvalue weighted by Gasteiger charge is 2.17. The third-order valence-electron chi connectivity index (χ3n) is 3.25. The summed E-state index contributed by atoms with van der Waals surface area (Å²) in [5.74, 6) is 1.75. The van der Waals surface area contributed by atoms with Crippen LogP contribution in [0, 0.1) is 6.92 Å². The third-order valence-corrected chi connectivity index (χ3v) is 3.25. The van der Waals surface area contributed by atoms with Crippen molar-refractivity contribution in [2.75, 3.05) is 5.73 Å². The lowest BCUT2D eigenvalue weighted by Crippen LogP contribution is -2.07. The second-order valence-corrected chi connectivity index (χ2v) is 4.39. The predicted molar refractivity (Wildman–Crippen MR) is 68.8 cm³/mol. The minimum absolute atomic E-state index is 0.372. The van der Waals surface area contributed by atoms with Gasteiger partial charge in [0.1, 0.15) is 11.6 Å². The summed E-state index contributed by atoms with van der Waals surface area (Å²) in [5, 5.41) is 5.21. The molecule has 0 amide bonds. The fourth-order valence-electron chi connectivity index (χ4n) is 2.22. The number of anilines is 1. The van der Waals surface area contributed by atoms with Crippen molar-refractivity contribution in [1.82, 2.24) is 19.7 Å². The average Bonchev–Trinajstić information content (AvgIpc) is 2.56. The fraction of sp³-hybridized carbons (Fsp3) is 0.583. The van der Waals surface area contributed by atoms with Crippen molar-refractivity contribution in [3.8, 4) is 0 Å². The van der Waals surface area contributed by atoms with E-state index in [1.165, 1.54) is 0 Å². The van der Waals surface area contributed by atoms with Crippen molar-refractivity contribution >= 4 is 16.9 Å². The molecule has 92 valence electrons. The van der Waals surface area contributed by atoms with E-state index in [0.29, 0.717) is 11.7 Å². The van der Waals surface area contributed by atoms with Gasteiger partial charge < -0.3 is 5.73 Å². The molecule has 0 bridgehead atoms. The Labute approximate surface area is 101 Å². The van der Waals surface area contributed by atoms with Gasteiger partial charge in [-0.2, -0.15) is 5.10 Å². The van der Waals surface area contributed by atoms with E-state index in [4.69, 9.17) is 5.73 Å².